The van der Waals surface area contributed by atoms with Gasteiger partial charge in [0.1, 0.15) is 0 Å². The molecule has 108 valence electrons. The summed E-state index contributed by atoms with van der Waals surface area (Å²) in [6, 6.07) is 7.59. The molecule has 1 saturated heterocycles. The molecule has 20 heavy (non-hydrogen) atoms. The van der Waals surface area contributed by atoms with Crippen LogP contribution in [-0.4, -0.2) is 36.3 Å². The molecule has 0 unspecified atom stereocenters. The highest BCUT2D eigenvalue weighted by molar-refractivity contribution is 5.94. The summed E-state index contributed by atoms with van der Waals surface area (Å²) in [7, 11) is 0. The van der Waals surface area contributed by atoms with Gasteiger partial charge in [0, 0.05) is 32.1 Å². The van der Waals surface area contributed by atoms with Crippen LogP contribution in [-0.2, 0) is 4.79 Å². The van der Waals surface area contributed by atoms with E-state index >= 15 is 0 Å². The molecule has 2 amide bonds. The van der Waals surface area contributed by atoms with Gasteiger partial charge in [-0.15, -0.1) is 0 Å². The summed E-state index contributed by atoms with van der Waals surface area (Å²) in [5.74, 6) is 0.603. The third-order valence-corrected chi connectivity index (χ3v) is 3.92. The zero-order chi connectivity index (χ0) is 14.5. The molecule has 1 heterocycles. The van der Waals surface area contributed by atoms with Gasteiger partial charge in [-0.2, -0.15) is 0 Å². The number of hydrogen-bond donors (Lipinski definition) is 1. The summed E-state index contributed by atoms with van der Waals surface area (Å²) in [5.41, 5.74) is 1.86. The number of likely N-dealkylation sites (tertiary alicyclic amines) is 1. The third-order valence-electron chi connectivity index (χ3n) is 3.92. The molecule has 0 saturated carbocycles. The normalized spacial score (nSPS) is 16.0. The molecule has 2 rings (SSSR count). The fraction of sp³-hybridized carbons (Fsp3) is 0.500. The molecule has 1 N–H and O–H groups in total. The first-order valence-electron chi connectivity index (χ1n) is 7.16. The number of nitrogens with one attached hydrogen (secondary N) is 1. The second-order valence-electron chi connectivity index (χ2n) is 5.53. The van der Waals surface area contributed by atoms with Crippen molar-refractivity contribution in [2.24, 2.45) is 5.92 Å². The lowest BCUT2D eigenvalue weighted by Gasteiger charge is -2.31. The van der Waals surface area contributed by atoms with Crippen molar-refractivity contribution in [2.75, 3.05) is 19.6 Å². The van der Waals surface area contributed by atoms with Gasteiger partial charge in [0.25, 0.3) is 5.91 Å². The van der Waals surface area contributed by atoms with Gasteiger partial charge in [0.15, 0.2) is 0 Å². The summed E-state index contributed by atoms with van der Waals surface area (Å²) in [5, 5.41) is 2.99. The molecule has 0 atom stereocenters. The second kappa shape index (κ2) is 6.55. The lowest BCUT2D eigenvalue weighted by atomic mass is 9.96. The van der Waals surface area contributed by atoms with Gasteiger partial charge < -0.3 is 10.2 Å². The van der Waals surface area contributed by atoms with E-state index in [9.17, 15) is 9.59 Å². The Balaban J connectivity index is 1.77. The molecule has 0 radical (unpaired) electrons. The van der Waals surface area contributed by atoms with Crippen LogP contribution in [0.25, 0.3) is 0 Å². The Hall–Kier alpha value is -1.84. The number of carbonyl (C=O) groups is 2. The zero-order valence-electron chi connectivity index (χ0n) is 12.2. The summed E-state index contributed by atoms with van der Waals surface area (Å²) >= 11 is 0. The first-order valence-corrected chi connectivity index (χ1v) is 7.16. The molecule has 0 spiro atoms. The molecule has 1 aromatic rings. The van der Waals surface area contributed by atoms with Crippen molar-refractivity contribution in [1.29, 1.82) is 0 Å². The van der Waals surface area contributed by atoms with Crippen molar-refractivity contribution in [1.82, 2.24) is 10.2 Å². The molecular formula is C16H22N2O2. The van der Waals surface area contributed by atoms with Crippen LogP contribution >= 0.6 is 0 Å². The molecular weight excluding hydrogens is 252 g/mol. The number of hydrogen-bond acceptors (Lipinski definition) is 2. The summed E-state index contributed by atoms with van der Waals surface area (Å²) < 4.78 is 0. The van der Waals surface area contributed by atoms with Gasteiger partial charge in [-0.05, 0) is 37.8 Å². The molecule has 4 nitrogen and oxygen atoms in total. The summed E-state index contributed by atoms with van der Waals surface area (Å²) in [4.78, 5) is 25.1. The lowest BCUT2D eigenvalue weighted by Crippen LogP contribution is -2.40. The van der Waals surface area contributed by atoms with Crippen molar-refractivity contribution in [2.45, 2.75) is 26.7 Å². The van der Waals surface area contributed by atoms with Crippen molar-refractivity contribution in [3.05, 3.63) is 35.4 Å². The first kappa shape index (κ1) is 14.6. The molecule has 1 fully saturated rings. The molecule has 1 aliphatic heterocycles. The second-order valence-corrected chi connectivity index (χ2v) is 5.53. The molecule has 1 aliphatic rings. The standard InChI is InChI=1S/C16H22N2O2/c1-12-3-5-15(6-4-12)16(20)17-11-14-7-9-18(10-8-14)13(2)19/h3-6,14H,7-11H2,1-2H3,(H,17,20). The first-order chi connectivity index (χ1) is 9.56. The molecule has 0 aliphatic carbocycles. The number of aryl methyl sites for hydroxylation is 1. The van der Waals surface area contributed by atoms with Gasteiger partial charge in [0.05, 0.1) is 0 Å². The largest absolute Gasteiger partial charge is 0.352 e. The minimum atomic E-state index is -0.0148. The SMILES string of the molecule is CC(=O)N1CCC(CNC(=O)c2ccc(C)cc2)CC1. The van der Waals surface area contributed by atoms with E-state index in [1.54, 1.807) is 6.92 Å². The monoisotopic (exact) mass is 274 g/mol. The van der Waals surface area contributed by atoms with E-state index in [1.165, 1.54) is 0 Å². The fourth-order valence-electron chi connectivity index (χ4n) is 2.50. The Bertz CT molecular complexity index is 474. The minimum absolute atomic E-state index is 0.0148. The predicted octanol–water partition coefficient (Wildman–Crippen LogP) is 1.98. The Morgan fingerprint density at radius 1 is 1.20 bits per heavy atom. The molecule has 4 heteroatoms. The number of carbonyl (C=O) groups excluding carboxylic acids is 2. The maximum atomic E-state index is 12.0. The van der Waals surface area contributed by atoms with E-state index in [0.29, 0.717) is 18.0 Å². The van der Waals surface area contributed by atoms with Gasteiger partial charge in [-0.3, -0.25) is 9.59 Å². The van der Waals surface area contributed by atoms with Crippen LogP contribution in [0.4, 0.5) is 0 Å². The molecule has 0 bridgehead atoms. The highest BCUT2D eigenvalue weighted by Crippen LogP contribution is 2.16. The van der Waals surface area contributed by atoms with Crippen molar-refractivity contribution >= 4 is 11.8 Å². The Kier molecular flexibility index (Phi) is 4.77. The quantitative estimate of drug-likeness (QED) is 0.916. The summed E-state index contributed by atoms with van der Waals surface area (Å²) in [6.07, 6.45) is 1.93. The number of piperidine rings is 1. The Morgan fingerprint density at radius 3 is 2.35 bits per heavy atom. The lowest BCUT2D eigenvalue weighted by molar-refractivity contribution is -0.130. The van der Waals surface area contributed by atoms with Crippen LogP contribution in [0, 0.1) is 12.8 Å². The van der Waals surface area contributed by atoms with E-state index in [0.717, 1.165) is 31.5 Å². The van der Waals surface area contributed by atoms with E-state index < -0.39 is 0 Å². The smallest absolute Gasteiger partial charge is 0.251 e. The zero-order valence-corrected chi connectivity index (χ0v) is 12.2. The van der Waals surface area contributed by atoms with E-state index in [2.05, 4.69) is 5.32 Å². The predicted molar refractivity (Wildman–Crippen MR) is 78.5 cm³/mol. The molecule has 1 aromatic carbocycles. The fourth-order valence-corrected chi connectivity index (χ4v) is 2.50. The van der Waals surface area contributed by atoms with Crippen LogP contribution in [0.2, 0.25) is 0 Å². The van der Waals surface area contributed by atoms with Gasteiger partial charge in [-0.1, -0.05) is 17.7 Å². The Labute approximate surface area is 120 Å². The van der Waals surface area contributed by atoms with Crippen LogP contribution in [0.15, 0.2) is 24.3 Å². The summed E-state index contributed by atoms with van der Waals surface area (Å²) in [6.45, 7) is 5.92. The topological polar surface area (TPSA) is 49.4 Å². The average Bonchev–Trinajstić information content (AvgIpc) is 2.46. The van der Waals surface area contributed by atoms with Crippen molar-refractivity contribution in [3.63, 3.8) is 0 Å². The van der Waals surface area contributed by atoms with E-state index in [1.807, 2.05) is 36.1 Å². The van der Waals surface area contributed by atoms with Crippen LogP contribution in [0.3, 0.4) is 0 Å². The van der Waals surface area contributed by atoms with E-state index in [4.69, 9.17) is 0 Å². The van der Waals surface area contributed by atoms with Gasteiger partial charge in [-0.25, -0.2) is 0 Å². The average molecular weight is 274 g/mol. The number of nitrogens with zero attached hydrogens (tertiary/aromatic N) is 1. The maximum Gasteiger partial charge on any atom is 0.251 e. The van der Waals surface area contributed by atoms with Crippen molar-refractivity contribution in [3.8, 4) is 0 Å². The van der Waals surface area contributed by atoms with Crippen LogP contribution < -0.4 is 5.32 Å². The number of rotatable bonds is 3. The maximum absolute atomic E-state index is 12.0. The Morgan fingerprint density at radius 2 is 1.80 bits per heavy atom. The number of amides is 2. The van der Waals surface area contributed by atoms with Gasteiger partial charge >= 0.3 is 0 Å². The van der Waals surface area contributed by atoms with Crippen molar-refractivity contribution < 1.29 is 9.59 Å². The van der Waals surface area contributed by atoms with Crippen LogP contribution in [0.5, 0.6) is 0 Å². The molecule has 0 aromatic heterocycles. The minimum Gasteiger partial charge on any atom is -0.352 e. The van der Waals surface area contributed by atoms with Gasteiger partial charge in [0.2, 0.25) is 5.91 Å². The van der Waals surface area contributed by atoms with E-state index in [-0.39, 0.29) is 11.8 Å². The highest BCUT2D eigenvalue weighted by atomic mass is 16.2. The number of benzene rings is 1. The third kappa shape index (κ3) is 3.83. The highest BCUT2D eigenvalue weighted by Gasteiger charge is 2.21. The van der Waals surface area contributed by atoms with Crippen LogP contribution in [0.1, 0.15) is 35.7 Å².